The average Bonchev–Trinajstić information content (AvgIpc) is 2.28. The predicted octanol–water partition coefficient (Wildman–Crippen LogP) is 3.17. The molecule has 18 heavy (non-hydrogen) atoms. The first kappa shape index (κ1) is 12.5. The maximum Gasteiger partial charge on any atom is 0.307 e. The monoisotopic (exact) mass is 265 g/mol. The number of benzene rings is 1. The van der Waals surface area contributed by atoms with Gasteiger partial charge in [0, 0.05) is 5.56 Å². The lowest BCUT2D eigenvalue weighted by atomic mass is 10.1. The van der Waals surface area contributed by atoms with Crippen LogP contribution in [-0.2, 0) is 11.2 Å². The molecule has 0 aliphatic rings. The van der Waals surface area contributed by atoms with E-state index in [2.05, 4.69) is 4.98 Å². The second kappa shape index (κ2) is 5.14. The minimum Gasteiger partial charge on any atom is -0.481 e. The number of hydrogen-bond acceptors (Lipinski definition) is 2. The van der Waals surface area contributed by atoms with Crippen molar-refractivity contribution in [2.45, 2.75) is 6.42 Å². The molecule has 0 atom stereocenters. The van der Waals surface area contributed by atoms with Crippen LogP contribution >= 0.6 is 11.6 Å². The Morgan fingerprint density at radius 1 is 1.28 bits per heavy atom. The van der Waals surface area contributed by atoms with E-state index in [1.807, 2.05) is 0 Å². The van der Waals surface area contributed by atoms with Crippen molar-refractivity contribution >= 4 is 17.6 Å². The van der Waals surface area contributed by atoms with Crippen molar-refractivity contribution in [3.05, 3.63) is 52.9 Å². The van der Waals surface area contributed by atoms with Gasteiger partial charge in [-0.3, -0.25) is 4.79 Å². The van der Waals surface area contributed by atoms with Crippen LogP contribution in [0, 0.1) is 5.82 Å². The Balaban J connectivity index is 2.41. The zero-order valence-corrected chi connectivity index (χ0v) is 9.99. The highest BCUT2D eigenvalue weighted by Gasteiger charge is 2.07. The average molecular weight is 266 g/mol. The van der Waals surface area contributed by atoms with Gasteiger partial charge < -0.3 is 5.11 Å². The maximum absolute atomic E-state index is 12.8. The standard InChI is InChI=1S/C13H9ClFNO2/c14-12-6-8(7-13(17)18)5-11(16-12)9-1-3-10(15)4-2-9/h1-6H,7H2,(H,17,18). The zero-order valence-electron chi connectivity index (χ0n) is 9.23. The first-order chi connectivity index (χ1) is 8.54. The largest absolute Gasteiger partial charge is 0.481 e. The second-order valence-corrected chi connectivity index (χ2v) is 4.15. The van der Waals surface area contributed by atoms with Crippen LogP contribution in [0.15, 0.2) is 36.4 Å². The van der Waals surface area contributed by atoms with Crippen molar-refractivity contribution < 1.29 is 14.3 Å². The van der Waals surface area contributed by atoms with Gasteiger partial charge in [-0.2, -0.15) is 0 Å². The van der Waals surface area contributed by atoms with E-state index in [1.165, 1.54) is 18.2 Å². The number of rotatable bonds is 3. The third-order valence-corrected chi connectivity index (χ3v) is 2.54. The van der Waals surface area contributed by atoms with Gasteiger partial charge in [-0.1, -0.05) is 11.6 Å². The van der Waals surface area contributed by atoms with Crippen LogP contribution < -0.4 is 0 Å². The zero-order chi connectivity index (χ0) is 13.1. The molecule has 0 aliphatic carbocycles. The van der Waals surface area contributed by atoms with Gasteiger partial charge in [0.1, 0.15) is 11.0 Å². The molecule has 1 aromatic carbocycles. The Morgan fingerprint density at radius 2 is 1.94 bits per heavy atom. The summed E-state index contributed by atoms with van der Waals surface area (Å²) in [5.74, 6) is -1.28. The van der Waals surface area contributed by atoms with E-state index < -0.39 is 5.97 Å². The molecule has 0 saturated carbocycles. The molecule has 0 bridgehead atoms. The van der Waals surface area contributed by atoms with Crippen LogP contribution in [0.2, 0.25) is 5.15 Å². The van der Waals surface area contributed by atoms with Crippen molar-refractivity contribution in [2.75, 3.05) is 0 Å². The first-order valence-corrected chi connectivity index (χ1v) is 5.56. The molecule has 0 fully saturated rings. The Kier molecular flexibility index (Phi) is 3.58. The molecule has 1 aromatic heterocycles. The van der Waals surface area contributed by atoms with E-state index in [-0.39, 0.29) is 17.4 Å². The van der Waals surface area contributed by atoms with E-state index >= 15 is 0 Å². The molecular weight excluding hydrogens is 257 g/mol. The smallest absolute Gasteiger partial charge is 0.307 e. The number of aromatic nitrogens is 1. The van der Waals surface area contributed by atoms with E-state index in [9.17, 15) is 9.18 Å². The van der Waals surface area contributed by atoms with Crippen molar-refractivity contribution in [3.8, 4) is 11.3 Å². The Bertz CT molecular complexity index is 584. The van der Waals surface area contributed by atoms with Gasteiger partial charge in [-0.15, -0.1) is 0 Å². The number of carbonyl (C=O) groups is 1. The summed E-state index contributed by atoms with van der Waals surface area (Å²) in [7, 11) is 0. The van der Waals surface area contributed by atoms with E-state index in [0.29, 0.717) is 16.8 Å². The molecule has 5 heteroatoms. The number of aliphatic carboxylic acids is 1. The van der Waals surface area contributed by atoms with Gasteiger partial charge in [0.05, 0.1) is 12.1 Å². The number of hydrogen-bond donors (Lipinski definition) is 1. The van der Waals surface area contributed by atoms with Crippen molar-refractivity contribution in [2.24, 2.45) is 0 Å². The van der Waals surface area contributed by atoms with Crippen LogP contribution in [0.5, 0.6) is 0 Å². The Labute approximate surface area is 108 Å². The van der Waals surface area contributed by atoms with Gasteiger partial charge in [0.25, 0.3) is 0 Å². The third kappa shape index (κ3) is 3.05. The van der Waals surface area contributed by atoms with E-state index in [0.717, 1.165) is 0 Å². The number of carboxylic acid groups (broad SMARTS) is 1. The molecule has 0 aliphatic heterocycles. The molecule has 92 valence electrons. The summed E-state index contributed by atoms with van der Waals surface area (Å²) in [5.41, 5.74) is 1.77. The summed E-state index contributed by atoms with van der Waals surface area (Å²) in [5, 5.41) is 8.96. The minimum atomic E-state index is -0.942. The number of halogens is 2. The molecule has 3 nitrogen and oxygen atoms in total. The molecular formula is C13H9ClFNO2. The van der Waals surface area contributed by atoms with Gasteiger partial charge in [-0.25, -0.2) is 9.37 Å². The van der Waals surface area contributed by atoms with Gasteiger partial charge >= 0.3 is 5.97 Å². The van der Waals surface area contributed by atoms with E-state index in [1.54, 1.807) is 18.2 Å². The maximum atomic E-state index is 12.8. The molecule has 1 N–H and O–H groups in total. The topological polar surface area (TPSA) is 50.2 Å². The third-order valence-electron chi connectivity index (χ3n) is 2.35. The lowest BCUT2D eigenvalue weighted by molar-refractivity contribution is -0.136. The summed E-state index contributed by atoms with van der Waals surface area (Å²) in [6.45, 7) is 0. The fraction of sp³-hybridized carbons (Fsp3) is 0.0769. The molecule has 0 radical (unpaired) electrons. The van der Waals surface area contributed by atoms with Gasteiger partial charge in [-0.05, 0) is 42.0 Å². The minimum absolute atomic E-state index is 0.129. The second-order valence-electron chi connectivity index (χ2n) is 3.76. The van der Waals surface area contributed by atoms with Crippen LogP contribution in [0.25, 0.3) is 11.3 Å². The molecule has 2 aromatic rings. The molecule has 0 amide bonds. The number of carboxylic acids is 1. The normalized spacial score (nSPS) is 10.3. The SMILES string of the molecule is O=C(O)Cc1cc(Cl)nc(-c2ccc(F)cc2)c1. The molecule has 0 spiro atoms. The number of nitrogens with zero attached hydrogens (tertiary/aromatic N) is 1. The quantitative estimate of drug-likeness (QED) is 0.867. The summed E-state index contributed by atoms with van der Waals surface area (Å²) in [6.07, 6.45) is -0.129. The fourth-order valence-corrected chi connectivity index (χ4v) is 1.83. The van der Waals surface area contributed by atoms with Crippen LogP contribution in [0.4, 0.5) is 4.39 Å². The van der Waals surface area contributed by atoms with Crippen molar-refractivity contribution in [1.29, 1.82) is 0 Å². The van der Waals surface area contributed by atoms with E-state index in [4.69, 9.17) is 16.7 Å². The summed E-state index contributed by atoms with van der Waals surface area (Å²) in [4.78, 5) is 14.8. The van der Waals surface area contributed by atoms with Gasteiger partial charge in [0.2, 0.25) is 0 Å². The summed E-state index contributed by atoms with van der Waals surface area (Å²) < 4.78 is 12.8. The molecule has 0 unspecified atom stereocenters. The molecule has 2 rings (SSSR count). The first-order valence-electron chi connectivity index (χ1n) is 5.19. The Morgan fingerprint density at radius 3 is 2.56 bits per heavy atom. The highest BCUT2D eigenvalue weighted by atomic mass is 35.5. The van der Waals surface area contributed by atoms with Crippen LogP contribution in [0.1, 0.15) is 5.56 Å². The fourth-order valence-electron chi connectivity index (χ4n) is 1.60. The predicted molar refractivity (Wildman–Crippen MR) is 66.0 cm³/mol. The molecule has 0 saturated heterocycles. The Hall–Kier alpha value is -1.94. The van der Waals surface area contributed by atoms with Crippen LogP contribution in [-0.4, -0.2) is 16.1 Å². The summed E-state index contributed by atoms with van der Waals surface area (Å²) >= 11 is 5.84. The lowest BCUT2D eigenvalue weighted by Gasteiger charge is -2.04. The highest BCUT2D eigenvalue weighted by molar-refractivity contribution is 6.29. The van der Waals surface area contributed by atoms with Crippen molar-refractivity contribution in [3.63, 3.8) is 0 Å². The lowest BCUT2D eigenvalue weighted by Crippen LogP contribution is -2.01. The highest BCUT2D eigenvalue weighted by Crippen LogP contribution is 2.21. The van der Waals surface area contributed by atoms with Crippen LogP contribution in [0.3, 0.4) is 0 Å². The number of pyridine rings is 1. The van der Waals surface area contributed by atoms with Gasteiger partial charge in [0.15, 0.2) is 0 Å². The summed E-state index contributed by atoms with van der Waals surface area (Å²) in [6, 6.07) is 8.90. The van der Waals surface area contributed by atoms with Crippen molar-refractivity contribution in [1.82, 2.24) is 4.98 Å². The molecule has 1 heterocycles.